The van der Waals surface area contributed by atoms with Crippen LogP contribution in [0, 0.1) is 13.8 Å². The fourth-order valence-electron chi connectivity index (χ4n) is 1.88. The molecular weight excluding hydrogens is 188 g/mol. The van der Waals surface area contributed by atoms with Gasteiger partial charge in [0, 0.05) is 6.54 Å². The van der Waals surface area contributed by atoms with E-state index in [0.717, 1.165) is 22.0 Å². The molecule has 0 saturated heterocycles. The van der Waals surface area contributed by atoms with Crippen LogP contribution in [-0.2, 0) is 6.54 Å². The molecule has 3 nitrogen and oxygen atoms in total. The van der Waals surface area contributed by atoms with Crippen molar-refractivity contribution in [2.24, 2.45) is 0 Å². The van der Waals surface area contributed by atoms with Crippen LogP contribution in [0.5, 0.6) is 0 Å². The monoisotopic (exact) mass is 202 g/mol. The topological polar surface area (TPSA) is 34.9 Å². The maximum absolute atomic E-state index is 12.0. The molecule has 0 aliphatic carbocycles. The summed E-state index contributed by atoms with van der Waals surface area (Å²) in [5, 5.41) is 0.741. The van der Waals surface area contributed by atoms with Gasteiger partial charge in [0.1, 0.15) is 0 Å². The van der Waals surface area contributed by atoms with Crippen LogP contribution < -0.4 is 5.56 Å². The lowest BCUT2D eigenvalue weighted by Gasteiger charge is -2.06. The Morgan fingerprint density at radius 3 is 2.73 bits per heavy atom. The smallest absolute Gasteiger partial charge is 0.261 e. The van der Waals surface area contributed by atoms with Gasteiger partial charge in [-0.15, -0.1) is 0 Å². The average molecular weight is 202 g/mol. The lowest BCUT2D eigenvalue weighted by Crippen LogP contribution is -2.20. The molecule has 0 amide bonds. The van der Waals surface area contributed by atoms with E-state index in [1.54, 1.807) is 10.9 Å². The van der Waals surface area contributed by atoms with Gasteiger partial charge >= 0.3 is 0 Å². The van der Waals surface area contributed by atoms with Gasteiger partial charge in [-0.05, 0) is 38.0 Å². The van der Waals surface area contributed by atoms with Gasteiger partial charge in [0.15, 0.2) is 0 Å². The maximum Gasteiger partial charge on any atom is 0.261 e. The first-order chi connectivity index (χ1) is 7.13. The van der Waals surface area contributed by atoms with E-state index in [1.807, 2.05) is 32.9 Å². The third-order valence-electron chi connectivity index (χ3n) is 2.61. The first-order valence-electron chi connectivity index (χ1n) is 5.10. The molecule has 2 rings (SSSR count). The first kappa shape index (κ1) is 9.90. The van der Waals surface area contributed by atoms with Gasteiger partial charge in [0.25, 0.3) is 5.56 Å². The highest BCUT2D eigenvalue weighted by Crippen LogP contribution is 2.14. The number of nitrogens with zero attached hydrogens (tertiary/aromatic N) is 2. The normalized spacial score (nSPS) is 10.9. The van der Waals surface area contributed by atoms with Crippen molar-refractivity contribution in [3.63, 3.8) is 0 Å². The number of fused-ring (bicyclic) bond motifs is 1. The minimum absolute atomic E-state index is 0.0556. The second-order valence-corrected chi connectivity index (χ2v) is 3.81. The van der Waals surface area contributed by atoms with Crippen molar-refractivity contribution >= 4 is 10.9 Å². The lowest BCUT2D eigenvalue weighted by molar-refractivity contribution is 0.717. The minimum atomic E-state index is 0.0556. The summed E-state index contributed by atoms with van der Waals surface area (Å²) in [4.78, 5) is 16.3. The Balaban J connectivity index is 2.93. The van der Waals surface area contributed by atoms with Crippen LogP contribution in [0.2, 0.25) is 0 Å². The first-order valence-corrected chi connectivity index (χ1v) is 5.10. The molecule has 0 bridgehead atoms. The molecular formula is C12H14N2O. The fourth-order valence-corrected chi connectivity index (χ4v) is 1.88. The van der Waals surface area contributed by atoms with Gasteiger partial charge < -0.3 is 0 Å². The quantitative estimate of drug-likeness (QED) is 0.709. The highest BCUT2D eigenvalue weighted by Gasteiger charge is 2.06. The Labute approximate surface area is 88.4 Å². The SMILES string of the molecule is CCn1cnc2cc(C)cc(C)c2c1=O. The summed E-state index contributed by atoms with van der Waals surface area (Å²) >= 11 is 0. The van der Waals surface area contributed by atoms with Crippen molar-refractivity contribution in [2.45, 2.75) is 27.3 Å². The van der Waals surface area contributed by atoms with Crippen LogP contribution >= 0.6 is 0 Å². The van der Waals surface area contributed by atoms with Crippen molar-refractivity contribution in [2.75, 3.05) is 0 Å². The lowest BCUT2D eigenvalue weighted by atomic mass is 10.1. The van der Waals surface area contributed by atoms with E-state index in [-0.39, 0.29) is 5.56 Å². The summed E-state index contributed by atoms with van der Waals surface area (Å²) in [6.07, 6.45) is 1.61. The third-order valence-corrected chi connectivity index (χ3v) is 2.61. The molecule has 2 aromatic rings. The second-order valence-electron chi connectivity index (χ2n) is 3.81. The van der Waals surface area contributed by atoms with Gasteiger partial charge in [0.2, 0.25) is 0 Å². The molecule has 15 heavy (non-hydrogen) atoms. The van der Waals surface area contributed by atoms with Crippen molar-refractivity contribution < 1.29 is 0 Å². The predicted octanol–water partition coefficient (Wildman–Crippen LogP) is 2.03. The van der Waals surface area contributed by atoms with E-state index in [2.05, 4.69) is 4.98 Å². The zero-order valence-electron chi connectivity index (χ0n) is 9.24. The maximum atomic E-state index is 12.0. The van der Waals surface area contributed by atoms with Crippen LogP contribution in [0.15, 0.2) is 23.3 Å². The zero-order valence-corrected chi connectivity index (χ0v) is 9.24. The predicted molar refractivity (Wildman–Crippen MR) is 61.2 cm³/mol. The fraction of sp³-hybridized carbons (Fsp3) is 0.333. The molecule has 1 aromatic heterocycles. The molecule has 0 aliphatic heterocycles. The number of benzene rings is 1. The number of rotatable bonds is 1. The van der Waals surface area contributed by atoms with E-state index in [9.17, 15) is 4.79 Å². The van der Waals surface area contributed by atoms with Gasteiger partial charge in [-0.25, -0.2) is 4.98 Å². The number of hydrogen-bond acceptors (Lipinski definition) is 2. The summed E-state index contributed by atoms with van der Waals surface area (Å²) in [5.41, 5.74) is 2.99. The summed E-state index contributed by atoms with van der Waals surface area (Å²) in [6.45, 7) is 6.57. The Morgan fingerprint density at radius 1 is 1.33 bits per heavy atom. The van der Waals surface area contributed by atoms with E-state index in [1.165, 1.54) is 0 Å². The van der Waals surface area contributed by atoms with Gasteiger partial charge in [0.05, 0.1) is 17.2 Å². The Morgan fingerprint density at radius 2 is 2.07 bits per heavy atom. The van der Waals surface area contributed by atoms with Crippen LogP contribution in [0.1, 0.15) is 18.1 Å². The molecule has 0 saturated carbocycles. The van der Waals surface area contributed by atoms with Gasteiger partial charge in [-0.2, -0.15) is 0 Å². The standard InChI is InChI=1S/C12H14N2O/c1-4-14-7-13-10-6-8(2)5-9(3)11(10)12(14)15/h5-7H,4H2,1-3H3. The van der Waals surface area contributed by atoms with Crippen molar-refractivity contribution in [1.82, 2.24) is 9.55 Å². The largest absolute Gasteiger partial charge is 0.299 e. The molecule has 0 N–H and O–H groups in total. The summed E-state index contributed by atoms with van der Waals surface area (Å²) in [7, 11) is 0. The van der Waals surface area contributed by atoms with E-state index in [4.69, 9.17) is 0 Å². The van der Waals surface area contributed by atoms with Crippen LogP contribution in [-0.4, -0.2) is 9.55 Å². The molecule has 0 fully saturated rings. The third kappa shape index (κ3) is 1.54. The molecule has 0 spiro atoms. The summed E-state index contributed by atoms with van der Waals surface area (Å²) < 4.78 is 1.63. The molecule has 0 aliphatic rings. The minimum Gasteiger partial charge on any atom is -0.299 e. The van der Waals surface area contributed by atoms with Gasteiger partial charge in [-0.1, -0.05) is 6.07 Å². The van der Waals surface area contributed by atoms with Crippen LogP contribution in [0.3, 0.4) is 0 Å². The molecule has 0 unspecified atom stereocenters. The number of aryl methyl sites for hydroxylation is 3. The molecule has 0 radical (unpaired) electrons. The average Bonchev–Trinajstić information content (AvgIpc) is 2.17. The van der Waals surface area contributed by atoms with Crippen molar-refractivity contribution in [1.29, 1.82) is 0 Å². The van der Waals surface area contributed by atoms with E-state index >= 15 is 0 Å². The molecule has 1 heterocycles. The van der Waals surface area contributed by atoms with Crippen LogP contribution in [0.25, 0.3) is 10.9 Å². The highest BCUT2D eigenvalue weighted by atomic mass is 16.1. The number of aromatic nitrogens is 2. The molecule has 0 atom stereocenters. The summed E-state index contributed by atoms with van der Waals surface area (Å²) in [5.74, 6) is 0. The van der Waals surface area contributed by atoms with Gasteiger partial charge in [-0.3, -0.25) is 9.36 Å². The Bertz CT molecular complexity index is 570. The molecule has 3 heteroatoms. The van der Waals surface area contributed by atoms with Crippen molar-refractivity contribution in [3.05, 3.63) is 39.9 Å². The van der Waals surface area contributed by atoms with E-state index < -0.39 is 0 Å². The zero-order chi connectivity index (χ0) is 11.0. The second kappa shape index (κ2) is 3.50. The molecule has 78 valence electrons. The van der Waals surface area contributed by atoms with Crippen molar-refractivity contribution in [3.8, 4) is 0 Å². The van der Waals surface area contributed by atoms with Crippen LogP contribution in [0.4, 0.5) is 0 Å². The number of hydrogen-bond donors (Lipinski definition) is 0. The Hall–Kier alpha value is -1.64. The molecule has 1 aromatic carbocycles. The van der Waals surface area contributed by atoms with E-state index in [0.29, 0.717) is 6.54 Å². The highest BCUT2D eigenvalue weighted by molar-refractivity contribution is 5.81. The Kier molecular flexibility index (Phi) is 2.31. The summed E-state index contributed by atoms with van der Waals surface area (Å²) in [6, 6.07) is 3.97.